The minimum absolute atomic E-state index is 0.0390. The molecule has 0 spiro atoms. The van der Waals surface area contributed by atoms with Crippen LogP contribution in [0.15, 0.2) is 24.3 Å². The van der Waals surface area contributed by atoms with E-state index in [1.54, 1.807) is 0 Å². The molecule has 0 saturated carbocycles. The normalized spacial score (nSPS) is 10.7. The molecule has 0 saturated heterocycles. The predicted molar refractivity (Wildman–Crippen MR) is 70.4 cm³/mol. The van der Waals surface area contributed by atoms with Crippen LogP contribution in [0.5, 0.6) is 23.0 Å². The summed E-state index contributed by atoms with van der Waals surface area (Å²) < 4.78 is 0. The highest BCUT2D eigenvalue weighted by molar-refractivity contribution is 5.80. The van der Waals surface area contributed by atoms with E-state index in [0.717, 1.165) is 0 Å². The van der Waals surface area contributed by atoms with Crippen LogP contribution in [0.2, 0.25) is 0 Å². The number of aliphatic hydroxyl groups is 2. The Bertz CT molecular complexity index is 593. The number of rotatable bonds is 3. The van der Waals surface area contributed by atoms with Crippen molar-refractivity contribution in [2.75, 3.05) is 0 Å². The minimum atomic E-state index is -0.494. The van der Waals surface area contributed by atoms with Crippen molar-refractivity contribution in [2.24, 2.45) is 0 Å². The summed E-state index contributed by atoms with van der Waals surface area (Å²) in [6, 6.07) is 5.10. The topological polar surface area (TPSA) is 121 Å². The second kappa shape index (κ2) is 5.28. The van der Waals surface area contributed by atoms with Crippen LogP contribution in [-0.2, 0) is 13.2 Å². The third-order valence-electron chi connectivity index (χ3n) is 2.95. The summed E-state index contributed by atoms with van der Waals surface area (Å²) >= 11 is 0. The molecule has 0 fully saturated rings. The van der Waals surface area contributed by atoms with E-state index in [1.165, 1.54) is 24.3 Å². The van der Waals surface area contributed by atoms with Crippen molar-refractivity contribution in [3.05, 3.63) is 35.4 Å². The number of hydrogen-bond acceptors (Lipinski definition) is 6. The molecule has 106 valence electrons. The fourth-order valence-corrected chi connectivity index (χ4v) is 1.95. The molecule has 2 rings (SSSR count). The molecule has 0 bridgehead atoms. The van der Waals surface area contributed by atoms with Crippen LogP contribution in [0.25, 0.3) is 11.1 Å². The lowest BCUT2D eigenvalue weighted by Gasteiger charge is -2.12. The molecule has 0 unspecified atom stereocenters. The molecule has 0 heterocycles. The van der Waals surface area contributed by atoms with E-state index in [4.69, 9.17) is 10.2 Å². The third kappa shape index (κ3) is 2.34. The Morgan fingerprint density at radius 2 is 0.950 bits per heavy atom. The zero-order chi connectivity index (χ0) is 14.9. The van der Waals surface area contributed by atoms with Crippen molar-refractivity contribution >= 4 is 0 Å². The van der Waals surface area contributed by atoms with E-state index in [1.807, 2.05) is 0 Å². The number of aliphatic hydroxyl groups excluding tert-OH is 2. The molecule has 0 radical (unpaired) electrons. The molecule has 0 aliphatic heterocycles. The summed E-state index contributed by atoms with van der Waals surface area (Å²) in [5, 5.41) is 57.1. The maximum absolute atomic E-state index is 9.86. The highest BCUT2D eigenvalue weighted by atomic mass is 16.3. The van der Waals surface area contributed by atoms with Crippen LogP contribution in [0.1, 0.15) is 11.1 Å². The number of hydrogen-bond donors (Lipinski definition) is 6. The number of aromatic hydroxyl groups is 4. The van der Waals surface area contributed by atoms with Crippen molar-refractivity contribution in [1.29, 1.82) is 0 Å². The first-order chi connectivity index (χ1) is 9.47. The first-order valence-electron chi connectivity index (χ1n) is 5.79. The van der Waals surface area contributed by atoms with Crippen molar-refractivity contribution in [3.8, 4) is 34.1 Å². The lowest BCUT2D eigenvalue weighted by Crippen LogP contribution is -1.90. The van der Waals surface area contributed by atoms with Gasteiger partial charge in [-0.1, -0.05) is 0 Å². The first-order valence-corrected chi connectivity index (χ1v) is 5.79. The van der Waals surface area contributed by atoms with Gasteiger partial charge >= 0.3 is 0 Å². The molecule has 6 N–H and O–H groups in total. The van der Waals surface area contributed by atoms with E-state index < -0.39 is 23.0 Å². The summed E-state index contributed by atoms with van der Waals surface area (Å²) in [7, 11) is 0. The minimum Gasteiger partial charge on any atom is -0.504 e. The fourth-order valence-electron chi connectivity index (χ4n) is 1.95. The van der Waals surface area contributed by atoms with Gasteiger partial charge in [0.05, 0.1) is 13.2 Å². The Hall–Kier alpha value is -2.44. The maximum atomic E-state index is 9.86. The molecule has 0 aromatic heterocycles. The lowest BCUT2D eigenvalue weighted by atomic mass is 9.98. The Kier molecular flexibility index (Phi) is 3.69. The molecule has 0 amide bonds. The third-order valence-corrected chi connectivity index (χ3v) is 2.95. The predicted octanol–water partition coefficient (Wildman–Crippen LogP) is 1.16. The number of phenols is 4. The van der Waals surface area contributed by atoms with Crippen LogP contribution < -0.4 is 0 Å². The van der Waals surface area contributed by atoms with Gasteiger partial charge in [-0.15, -0.1) is 0 Å². The van der Waals surface area contributed by atoms with Crippen LogP contribution in [-0.4, -0.2) is 30.6 Å². The van der Waals surface area contributed by atoms with Gasteiger partial charge in [0.1, 0.15) is 0 Å². The number of benzene rings is 2. The zero-order valence-electron chi connectivity index (χ0n) is 10.4. The van der Waals surface area contributed by atoms with E-state index in [0.29, 0.717) is 11.1 Å². The summed E-state index contributed by atoms with van der Waals surface area (Å²) in [6.45, 7) is -0.736. The molecule has 0 atom stereocenters. The van der Waals surface area contributed by atoms with Crippen molar-refractivity contribution in [1.82, 2.24) is 0 Å². The van der Waals surface area contributed by atoms with E-state index in [2.05, 4.69) is 0 Å². The summed E-state index contributed by atoms with van der Waals surface area (Å²) in [5.41, 5.74) is 0.724. The van der Waals surface area contributed by atoms with Crippen LogP contribution >= 0.6 is 0 Å². The highest BCUT2D eigenvalue weighted by Gasteiger charge is 2.17. The van der Waals surface area contributed by atoms with Gasteiger partial charge in [0.15, 0.2) is 23.0 Å². The molecule has 20 heavy (non-hydrogen) atoms. The van der Waals surface area contributed by atoms with Crippen LogP contribution in [0.3, 0.4) is 0 Å². The van der Waals surface area contributed by atoms with Gasteiger partial charge in [0.25, 0.3) is 0 Å². The van der Waals surface area contributed by atoms with Gasteiger partial charge in [-0.05, 0) is 35.4 Å². The fraction of sp³-hybridized carbons (Fsp3) is 0.143. The Labute approximate surface area is 114 Å². The van der Waals surface area contributed by atoms with Crippen molar-refractivity contribution in [2.45, 2.75) is 13.2 Å². The standard InChI is InChI=1S/C14H14O6/c15-5-7-1-9(13(19)11(17)3-7)10-2-8(6-16)4-12(18)14(10)20/h1-4,15-20H,5-6H2. The molecular weight excluding hydrogens is 264 g/mol. The zero-order valence-corrected chi connectivity index (χ0v) is 10.4. The van der Waals surface area contributed by atoms with E-state index in [9.17, 15) is 20.4 Å². The van der Waals surface area contributed by atoms with Crippen LogP contribution in [0, 0.1) is 0 Å². The smallest absolute Gasteiger partial charge is 0.165 e. The van der Waals surface area contributed by atoms with E-state index >= 15 is 0 Å². The van der Waals surface area contributed by atoms with Gasteiger partial charge in [0.2, 0.25) is 0 Å². The van der Waals surface area contributed by atoms with Gasteiger partial charge in [-0.3, -0.25) is 0 Å². The molecule has 2 aromatic rings. The second-order valence-electron chi connectivity index (χ2n) is 4.34. The Morgan fingerprint density at radius 1 is 0.600 bits per heavy atom. The van der Waals surface area contributed by atoms with E-state index in [-0.39, 0.29) is 24.3 Å². The quantitative estimate of drug-likeness (QED) is 0.469. The van der Waals surface area contributed by atoms with Gasteiger partial charge < -0.3 is 30.6 Å². The van der Waals surface area contributed by atoms with Crippen molar-refractivity contribution < 1.29 is 30.6 Å². The number of phenolic OH excluding ortho intramolecular Hbond substituents is 4. The molecular formula is C14H14O6. The molecule has 6 heteroatoms. The molecule has 2 aromatic carbocycles. The second-order valence-corrected chi connectivity index (χ2v) is 4.34. The highest BCUT2D eigenvalue weighted by Crippen LogP contribution is 2.44. The molecule has 0 aliphatic rings. The van der Waals surface area contributed by atoms with Gasteiger partial charge in [-0.2, -0.15) is 0 Å². The summed E-state index contributed by atoms with van der Waals surface area (Å²) in [4.78, 5) is 0. The lowest BCUT2D eigenvalue weighted by molar-refractivity contribution is 0.280. The van der Waals surface area contributed by atoms with Gasteiger partial charge in [0, 0.05) is 11.1 Å². The van der Waals surface area contributed by atoms with Gasteiger partial charge in [-0.25, -0.2) is 0 Å². The average molecular weight is 278 g/mol. The van der Waals surface area contributed by atoms with Crippen molar-refractivity contribution in [3.63, 3.8) is 0 Å². The summed E-state index contributed by atoms with van der Waals surface area (Å²) in [6.07, 6.45) is 0. The average Bonchev–Trinajstić information content (AvgIpc) is 2.44. The SMILES string of the molecule is OCc1cc(O)c(O)c(-c2cc(CO)cc(O)c2O)c1. The monoisotopic (exact) mass is 278 g/mol. The maximum Gasteiger partial charge on any atom is 0.165 e. The first kappa shape index (κ1) is 14.0. The van der Waals surface area contributed by atoms with Crippen LogP contribution in [0.4, 0.5) is 0 Å². The molecule has 0 aliphatic carbocycles. The Morgan fingerprint density at radius 3 is 1.25 bits per heavy atom. The Balaban J connectivity index is 2.73. The molecule has 6 nitrogen and oxygen atoms in total. The summed E-state index contributed by atoms with van der Waals surface area (Å²) in [5.74, 6) is -1.90. The largest absolute Gasteiger partial charge is 0.504 e.